The van der Waals surface area contributed by atoms with E-state index in [2.05, 4.69) is 0 Å². The number of rotatable bonds is 5. The number of furan rings is 1. The van der Waals surface area contributed by atoms with E-state index in [1.165, 1.54) is 35.6 Å². The van der Waals surface area contributed by atoms with E-state index in [0.717, 1.165) is 5.39 Å². The maximum Gasteiger partial charge on any atom is 0.335 e. The molecule has 0 saturated carbocycles. The molecule has 0 radical (unpaired) electrons. The molecule has 0 atom stereocenters. The molecule has 1 aromatic heterocycles. The van der Waals surface area contributed by atoms with Crippen LogP contribution in [0.25, 0.3) is 11.0 Å². The van der Waals surface area contributed by atoms with E-state index in [0.29, 0.717) is 11.3 Å². The van der Waals surface area contributed by atoms with E-state index in [9.17, 15) is 13.2 Å². The van der Waals surface area contributed by atoms with Crippen LogP contribution in [-0.2, 0) is 16.6 Å². The summed E-state index contributed by atoms with van der Waals surface area (Å²) < 4.78 is 31.9. The molecule has 0 aliphatic carbocycles. The Morgan fingerprint density at radius 1 is 1.12 bits per heavy atom. The van der Waals surface area contributed by atoms with Gasteiger partial charge in [-0.2, -0.15) is 4.31 Å². The quantitative estimate of drug-likeness (QED) is 0.768. The summed E-state index contributed by atoms with van der Waals surface area (Å²) in [5, 5.41) is 9.79. The lowest BCUT2D eigenvalue weighted by Crippen LogP contribution is -2.26. The topological polar surface area (TPSA) is 87.8 Å². The lowest BCUT2D eigenvalue weighted by Gasteiger charge is -2.16. The Balaban J connectivity index is 1.84. The van der Waals surface area contributed by atoms with Crippen molar-refractivity contribution in [1.29, 1.82) is 0 Å². The van der Waals surface area contributed by atoms with Gasteiger partial charge < -0.3 is 9.52 Å². The van der Waals surface area contributed by atoms with Gasteiger partial charge in [0.15, 0.2) is 0 Å². The number of aromatic carboxylic acids is 1. The molecule has 0 spiro atoms. The number of benzene rings is 2. The van der Waals surface area contributed by atoms with Gasteiger partial charge in [-0.3, -0.25) is 0 Å². The highest BCUT2D eigenvalue weighted by molar-refractivity contribution is 7.89. The molecular weight excluding hydrogens is 330 g/mol. The monoisotopic (exact) mass is 345 g/mol. The molecule has 6 nitrogen and oxygen atoms in total. The maximum atomic E-state index is 12.6. The van der Waals surface area contributed by atoms with Crippen LogP contribution >= 0.6 is 0 Å². The van der Waals surface area contributed by atoms with Gasteiger partial charge in [0, 0.05) is 12.4 Å². The average Bonchev–Trinajstić information content (AvgIpc) is 2.97. The number of nitrogens with zero attached hydrogens (tertiary/aromatic N) is 1. The Kier molecular flexibility index (Phi) is 4.13. The normalized spacial score (nSPS) is 11.9. The van der Waals surface area contributed by atoms with Crippen molar-refractivity contribution in [3.63, 3.8) is 0 Å². The van der Waals surface area contributed by atoms with Gasteiger partial charge in [0.2, 0.25) is 10.0 Å². The molecular formula is C17H15NO5S. The minimum atomic E-state index is -3.74. The molecule has 0 aliphatic heterocycles. The second-order valence-electron chi connectivity index (χ2n) is 5.34. The van der Waals surface area contributed by atoms with Crippen molar-refractivity contribution in [3.8, 4) is 0 Å². The van der Waals surface area contributed by atoms with Crippen molar-refractivity contribution >= 4 is 27.0 Å². The zero-order chi connectivity index (χ0) is 17.3. The molecule has 3 aromatic rings. The Hall–Kier alpha value is -2.64. The summed E-state index contributed by atoms with van der Waals surface area (Å²) in [5.41, 5.74) is 0.734. The van der Waals surface area contributed by atoms with Crippen LogP contribution in [0.15, 0.2) is 63.9 Å². The highest BCUT2D eigenvalue weighted by Crippen LogP contribution is 2.22. The Morgan fingerprint density at radius 3 is 2.42 bits per heavy atom. The van der Waals surface area contributed by atoms with E-state index < -0.39 is 16.0 Å². The molecule has 3 rings (SSSR count). The van der Waals surface area contributed by atoms with Crippen LogP contribution in [0, 0.1) is 0 Å². The van der Waals surface area contributed by atoms with Gasteiger partial charge in [0.05, 0.1) is 17.0 Å². The predicted octanol–water partition coefficient (Wildman–Crippen LogP) is 2.95. The number of fused-ring (bicyclic) bond motifs is 1. The number of para-hydroxylation sites is 1. The third kappa shape index (κ3) is 3.04. The van der Waals surface area contributed by atoms with Crippen molar-refractivity contribution in [1.82, 2.24) is 4.31 Å². The SMILES string of the molecule is CN(Cc1cc2ccccc2o1)S(=O)(=O)c1ccc(C(=O)O)cc1. The molecule has 1 N–H and O–H groups in total. The molecule has 2 aromatic carbocycles. The highest BCUT2D eigenvalue weighted by atomic mass is 32.2. The summed E-state index contributed by atoms with van der Waals surface area (Å²) in [6, 6.07) is 14.3. The van der Waals surface area contributed by atoms with Crippen LogP contribution < -0.4 is 0 Å². The molecule has 7 heteroatoms. The number of carboxylic acids is 1. The van der Waals surface area contributed by atoms with Gasteiger partial charge in [-0.25, -0.2) is 13.2 Å². The number of carboxylic acid groups (broad SMARTS) is 1. The van der Waals surface area contributed by atoms with Gasteiger partial charge in [-0.15, -0.1) is 0 Å². The van der Waals surface area contributed by atoms with Gasteiger partial charge in [0.25, 0.3) is 0 Å². The lowest BCUT2D eigenvalue weighted by atomic mass is 10.2. The first-order valence-electron chi connectivity index (χ1n) is 7.15. The molecule has 0 bridgehead atoms. The summed E-state index contributed by atoms with van der Waals surface area (Å²) in [4.78, 5) is 10.9. The molecule has 0 aliphatic rings. The summed E-state index contributed by atoms with van der Waals surface area (Å²) in [6.45, 7) is 0.0810. The Bertz CT molecular complexity index is 956. The van der Waals surface area contributed by atoms with Crippen LogP contribution in [0.1, 0.15) is 16.1 Å². The van der Waals surface area contributed by atoms with Crippen molar-refractivity contribution in [2.24, 2.45) is 0 Å². The molecule has 0 unspecified atom stereocenters. The molecule has 0 amide bonds. The van der Waals surface area contributed by atoms with Crippen LogP contribution in [0.2, 0.25) is 0 Å². The van der Waals surface area contributed by atoms with Crippen molar-refractivity contribution < 1.29 is 22.7 Å². The first kappa shape index (κ1) is 16.2. The summed E-state index contributed by atoms with van der Waals surface area (Å²) in [7, 11) is -2.28. The third-order valence-electron chi connectivity index (χ3n) is 3.66. The Morgan fingerprint density at radius 2 is 1.79 bits per heavy atom. The van der Waals surface area contributed by atoms with Gasteiger partial charge in [-0.1, -0.05) is 18.2 Å². The van der Waals surface area contributed by atoms with E-state index >= 15 is 0 Å². The van der Waals surface area contributed by atoms with Gasteiger partial charge >= 0.3 is 5.97 Å². The first-order chi connectivity index (χ1) is 11.4. The summed E-state index contributed by atoms with van der Waals surface area (Å²) in [6.07, 6.45) is 0. The smallest absolute Gasteiger partial charge is 0.335 e. The number of hydrogen-bond donors (Lipinski definition) is 1. The van der Waals surface area contributed by atoms with Crippen LogP contribution in [0.5, 0.6) is 0 Å². The minimum absolute atomic E-state index is 0.0334. The first-order valence-corrected chi connectivity index (χ1v) is 8.59. The zero-order valence-corrected chi connectivity index (χ0v) is 13.7. The summed E-state index contributed by atoms with van der Waals surface area (Å²) in [5.74, 6) is -0.570. The second kappa shape index (κ2) is 6.10. The average molecular weight is 345 g/mol. The van der Waals surface area contributed by atoms with Gasteiger partial charge in [0.1, 0.15) is 11.3 Å². The molecule has 1 heterocycles. The fourth-order valence-electron chi connectivity index (χ4n) is 2.37. The molecule has 124 valence electrons. The van der Waals surface area contributed by atoms with Crippen molar-refractivity contribution in [2.75, 3.05) is 7.05 Å². The highest BCUT2D eigenvalue weighted by Gasteiger charge is 2.22. The van der Waals surface area contributed by atoms with Crippen LogP contribution in [0.3, 0.4) is 0 Å². The standard InChI is InChI=1S/C17H15NO5S/c1-18(11-14-10-13-4-2-3-5-16(13)23-14)24(21,22)15-8-6-12(7-9-15)17(19)20/h2-10H,11H2,1H3,(H,19,20). The van der Waals surface area contributed by atoms with E-state index in [1.54, 1.807) is 6.07 Å². The van der Waals surface area contributed by atoms with E-state index in [-0.39, 0.29) is 17.0 Å². The van der Waals surface area contributed by atoms with Gasteiger partial charge in [-0.05, 0) is 36.4 Å². The molecule has 24 heavy (non-hydrogen) atoms. The third-order valence-corrected chi connectivity index (χ3v) is 5.48. The van der Waals surface area contributed by atoms with E-state index in [4.69, 9.17) is 9.52 Å². The van der Waals surface area contributed by atoms with E-state index in [1.807, 2.05) is 24.3 Å². The molecule has 0 saturated heterocycles. The Labute approximate surface area is 139 Å². The number of carbonyl (C=O) groups is 1. The van der Waals surface area contributed by atoms with Crippen molar-refractivity contribution in [2.45, 2.75) is 11.4 Å². The lowest BCUT2D eigenvalue weighted by molar-refractivity contribution is 0.0696. The maximum absolute atomic E-state index is 12.6. The minimum Gasteiger partial charge on any atom is -0.478 e. The predicted molar refractivity (Wildman–Crippen MR) is 88.3 cm³/mol. The summed E-state index contributed by atoms with van der Waals surface area (Å²) >= 11 is 0. The fraction of sp³-hybridized carbons (Fsp3) is 0.118. The number of sulfonamides is 1. The molecule has 0 fully saturated rings. The van der Waals surface area contributed by atoms with Crippen molar-refractivity contribution in [3.05, 3.63) is 65.9 Å². The van der Waals surface area contributed by atoms with Crippen LogP contribution in [0.4, 0.5) is 0 Å². The van der Waals surface area contributed by atoms with Crippen LogP contribution in [-0.4, -0.2) is 30.8 Å². The largest absolute Gasteiger partial charge is 0.478 e. The zero-order valence-electron chi connectivity index (χ0n) is 12.8. The second-order valence-corrected chi connectivity index (χ2v) is 7.39. The fourth-order valence-corrected chi connectivity index (χ4v) is 3.51. The number of hydrogen-bond acceptors (Lipinski definition) is 4.